The summed E-state index contributed by atoms with van der Waals surface area (Å²) < 4.78 is 0. The first-order valence-electron chi connectivity index (χ1n) is 4.24. The molecule has 72 valence electrons. The quantitative estimate of drug-likeness (QED) is 0.632. The van der Waals surface area contributed by atoms with Crippen LogP contribution in [0, 0.1) is 0 Å². The number of amidine groups is 1. The lowest BCUT2D eigenvalue weighted by atomic mass is 10.3. The molecule has 0 radical (unpaired) electrons. The first-order chi connectivity index (χ1) is 6.77. The number of hydrogen-bond donors (Lipinski definition) is 0. The average Bonchev–Trinajstić information content (AvgIpc) is 2.62. The normalized spacial score (nSPS) is 23.1. The van der Waals surface area contributed by atoms with Crippen LogP contribution in [0.25, 0.3) is 0 Å². The maximum Gasteiger partial charge on any atom is 0.163 e. The average molecular weight is 206 g/mol. The van der Waals surface area contributed by atoms with Crippen molar-refractivity contribution >= 4 is 35.3 Å². The number of rotatable bonds is 2. The van der Waals surface area contributed by atoms with Gasteiger partial charge in [-0.2, -0.15) is 0 Å². The topological polar surface area (TPSA) is 49.4 Å². The van der Waals surface area contributed by atoms with Gasteiger partial charge >= 0.3 is 0 Å². The molecule has 1 atom stereocenters. The van der Waals surface area contributed by atoms with Crippen molar-refractivity contribution in [2.75, 3.05) is 5.75 Å². The first kappa shape index (κ1) is 9.33. The van der Waals surface area contributed by atoms with E-state index in [4.69, 9.17) is 0 Å². The fourth-order valence-corrected chi connectivity index (χ4v) is 1.94. The summed E-state index contributed by atoms with van der Waals surface area (Å²) in [4.78, 5) is 16.5. The van der Waals surface area contributed by atoms with E-state index < -0.39 is 0 Å². The highest BCUT2D eigenvalue weighted by Gasteiger charge is 2.26. The predicted octanol–water partition coefficient (Wildman–Crippen LogP) is 1.55. The van der Waals surface area contributed by atoms with E-state index in [1.54, 1.807) is 18.1 Å². The fraction of sp³-hybridized carbons (Fsp3) is 0.333. The molecule has 0 saturated carbocycles. The lowest BCUT2D eigenvalue weighted by Crippen LogP contribution is -2.25. The minimum atomic E-state index is -0.0654. The molecule has 0 aromatic heterocycles. The molecule has 0 N–H and O–H groups in total. The molecular weight excluding hydrogens is 196 g/mol. The van der Waals surface area contributed by atoms with Crippen LogP contribution >= 0.6 is 11.8 Å². The van der Waals surface area contributed by atoms with Crippen LogP contribution in [-0.2, 0) is 0 Å². The van der Waals surface area contributed by atoms with Gasteiger partial charge in [-0.15, -0.1) is 11.8 Å². The molecule has 4 nitrogen and oxygen atoms in total. The Kier molecular flexibility index (Phi) is 2.58. The van der Waals surface area contributed by atoms with Crippen molar-refractivity contribution in [3.63, 3.8) is 0 Å². The van der Waals surface area contributed by atoms with Crippen molar-refractivity contribution in [2.45, 2.75) is 13.0 Å². The van der Waals surface area contributed by atoms with Gasteiger partial charge in [0, 0.05) is 5.75 Å². The van der Waals surface area contributed by atoms with Crippen LogP contribution in [0.15, 0.2) is 32.1 Å². The van der Waals surface area contributed by atoms with Crippen LogP contribution in [0.3, 0.4) is 0 Å². The maximum atomic E-state index is 4.20. The van der Waals surface area contributed by atoms with Crippen molar-refractivity contribution in [1.82, 2.24) is 0 Å². The van der Waals surface area contributed by atoms with Crippen LogP contribution in [0.4, 0.5) is 0 Å². The van der Waals surface area contributed by atoms with Gasteiger partial charge in [0.2, 0.25) is 0 Å². The third-order valence-electron chi connectivity index (χ3n) is 1.73. The lowest BCUT2D eigenvalue weighted by Gasteiger charge is -2.12. The standard InChI is InChI=1S/C9H10N4S/c1-6(2)3-14-9-7-8(11-4-10-7)12-5-13-9/h4-5,7H,1,3H2,2H3. The second-order valence-corrected chi connectivity index (χ2v) is 4.11. The van der Waals surface area contributed by atoms with E-state index in [1.165, 1.54) is 6.34 Å². The van der Waals surface area contributed by atoms with E-state index in [-0.39, 0.29) is 6.04 Å². The molecule has 0 bridgehead atoms. The number of aliphatic imine (C=N–C) groups is 4. The zero-order chi connectivity index (χ0) is 9.97. The third kappa shape index (κ3) is 1.82. The van der Waals surface area contributed by atoms with E-state index in [2.05, 4.69) is 26.5 Å². The van der Waals surface area contributed by atoms with E-state index in [0.717, 1.165) is 22.2 Å². The molecule has 0 saturated heterocycles. The van der Waals surface area contributed by atoms with Gasteiger partial charge in [-0.25, -0.2) is 15.0 Å². The molecule has 2 heterocycles. The smallest absolute Gasteiger partial charge is 0.163 e. The molecule has 0 aromatic rings. The van der Waals surface area contributed by atoms with Gasteiger partial charge in [-0.1, -0.05) is 12.2 Å². The molecule has 1 unspecified atom stereocenters. The Morgan fingerprint density at radius 2 is 2.36 bits per heavy atom. The molecule has 0 fully saturated rings. The largest absolute Gasteiger partial charge is 0.255 e. The fourth-order valence-electron chi connectivity index (χ4n) is 1.10. The van der Waals surface area contributed by atoms with Gasteiger partial charge in [0.05, 0.1) is 0 Å². The van der Waals surface area contributed by atoms with Crippen molar-refractivity contribution in [3.05, 3.63) is 12.2 Å². The Hall–Kier alpha value is -1.23. The molecule has 2 aliphatic rings. The summed E-state index contributed by atoms with van der Waals surface area (Å²) in [6, 6.07) is -0.0654. The molecule has 14 heavy (non-hydrogen) atoms. The van der Waals surface area contributed by atoms with Gasteiger partial charge in [-0.3, -0.25) is 4.99 Å². The van der Waals surface area contributed by atoms with E-state index in [9.17, 15) is 0 Å². The lowest BCUT2D eigenvalue weighted by molar-refractivity contribution is 1.16. The summed E-state index contributed by atoms with van der Waals surface area (Å²) in [7, 11) is 0. The van der Waals surface area contributed by atoms with E-state index >= 15 is 0 Å². The zero-order valence-corrected chi connectivity index (χ0v) is 8.66. The van der Waals surface area contributed by atoms with E-state index in [0.29, 0.717) is 0 Å². The highest BCUT2D eigenvalue weighted by Crippen LogP contribution is 2.19. The Labute approximate surface area is 86.7 Å². The molecular formula is C9H10N4S. The van der Waals surface area contributed by atoms with Crippen molar-refractivity contribution in [3.8, 4) is 0 Å². The molecule has 0 spiro atoms. The number of hydrogen-bond acceptors (Lipinski definition) is 5. The van der Waals surface area contributed by atoms with Crippen LogP contribution in [0.5, 0.6) is 0 Å². The van der Waals surface area contributed by atoms with Gasteiger partial charge in [0.25, 0.3) is 0 Å². The third-order valence-corrected chi connectivity index (χ3v) is 2.99. The molecule has 5 heteroatoms. The zero-order valence-electron chi connectivity index (χ0n) is 7.84. The van der Waals surface area contributed by atoms with Crippen molar-refractivity contribution in [1.29, 1.82) is 0 Å². The Morgan fingerprint density at radius 3 is 3.14 bits per heavy atom. The second kappa shape index (κ2) is 3.88. The summed E-state index contributed by atoms with van der Waals surface area (Å²) in [5, 5.41) is 0.954. The number of thioether (sulfide) groups is 1. The van der Waals surface area contributed by atoms with E-state index in [1.807, 2.05) is 6.92 Å². The molecule has 0 aliphatic carbocycles. The molecule has 0 aromatic carbocycles. The van der Waals surface area contributed by atoms with Gasteiger partial charge < -0.3 is 0 Å². The Balaban J connectivity index is 2.08. The van der Waals surface area contributed by atoms with Crippen LogP contribution in [-0.4, -0.2) is 35.4 Å². The highest BCUT2D eigenvalue weighted by atomic mass is 32.2. The Morgan fingerprint density at radius 1 is 1.50 bits per heavy atom. The first-order valence-corrected chi connectivity index (χ1v) is 5.22. The summed E-state index contributed by atoms with van der Waals surface area (Å²) in [6.45, 7) is 5.84. The second-order valence-electron chi connectivity index (χ2n) is 3.11. The predicted molar refractivity (Wildman–Crippen MR) is 62.9 cm³/mol. The van der Waals surface area contributed by atoms with Gasteiger partial charge in [0.15, 0.2) is 11.9 Å². The van der Waals surface area contributed by atoms with Gasteiger partial charge in [0.1, 0.15) is 17.7 Å². The molecule has 2 aliphatic heterocycles. The molecule has 2 rings (SSSR count). The summed E-state index contributed by atoms with van der Waals surface area (Å²) >= 11 is 1.65. The summed E-state index contributed by atoms with van der Waals surface area (Å²) in [5.41, 5.74) is 1.13. The van der Waals surface area contributed by atoms with Crippen LogP contribution in [0.2, 0.25) is 0 Å². The number of nitrogens with zero attached hydrogens (tertiary/aromatic N) is 4. The maximum absolute atomic E-state index is 4.20. The SMILES string of the molecule is C=C(C)CSC1=NC=NC2=NC=NC21. The Bertz CT molecular complexity index is 378. The summed E-state index contributed by atoms with van der Waals surface area (Å²) in [5.74, 6) is 1.61. The van der Waals surface area contributed by atoms with Crippen LogP contribution < -0.4 is 0 Å². The van der Waals surface area contributed by atoms with Crippen molar-refractivity contribution in [2.24, 2.45) is 20.0 Å². The molecule has 0 amide bonds. The van der Waals surface area contributed by atoms with Crippen LogP contribution in [0.1, 0.15) is 6.92 Å². The monoisotopic (exact) mass is 206 g/mol. The van der Waals surface area contributed by atoms with Gasteiger partial charge in [-0.05, 0) is 6.92 Å². The highest BCUT2D eigenvalue weighted by molar-refractivity contribution is 8.14. The minimum Gasteiger partial charge on any atom is -0.255 e. The number of fused-ring (bicyclic) bond motifs is 1. The minimum absolute atomic E-state index is 0.0654. The summed E-state index contributed by atoms with van der Waals surface area (Å²) in [6.07, 6.45) is 3.07. The van der Waals surface area contributed by atoms with Crippen molar-refractivity contribution < 1.29 is 0 Å².